The quantitative estimate of drug-likeness (QED) is 0.617. The molecule has 0 heterocycles. The Morgan fingerprint density at radius 1 is 1.33 bits per heavy atom. The van der Waals surface area contributed by atoms with Crippen LogP contribution in [0.15, 0.2) is 24.3 Å². The van der Waals surface area contributed by atoms with Crippen LogP contribution in [0, 0.1) is 11.7 Å². The Balaban J connectivity index is 3.64. The Morgan fingerprint density at radius 3 is 2.33 bits per heavy atom. The normalized spacial score (nSPS) is 16.6. The first kappa shape index (κ1) is 17.1. The highest BCUT2D eigenvalue weighted by molar-refractivity contribution is 6.06. The lowest BCUT2D eigenvalue weighted by Gasteiger charge is -2.35. The largest absolute Gasteiger partial charge is 0.480 e. The molecule has 0 aliphatic rings. The molecule has 0 aliphatic heterocycles. The number of aliphatic hydroxyl groups is 1. The minimum absolute atomic E-state index is 0.0468. The molecule has 0 saturated heterocycles. The van der Waals surface area contributed by atoms with Gasteiger partial charge in [-0.1, -0.05) is 25.1 Å². The molecule has 2 N–H and O–H groups in total. The Hall–Kier alpha value is -1.95. The third kappa shape index (κ3) is 2.90. The molecule has 6 heteroatoms. The summed E-state index contributed by atoms with van der Waals surface area (Å²) in [4.78, 5) is 24.2. The number of carboxylic acids is 1. The molecule has 0 aromatic heterocycles. The van der Waals surface area contributed by atoms with Gasteiger partial charge in [0.05, 0.1) is 12.7 Å². The van der Waals surface area contributed by atoms with Gasteiger partial charge in [-0.05, 0) is 19.9 Å². The molecule has 5 nitrogen and oxygen atoms in total. The van der Waals surface area contributed by atoms with Gasteiger partial charge < -0.3 is 14.9 Å². The number of esters is 1. The molecular weight excluding hydrogens is 279 g/mol. The first-order chi connectivity index (χ1) is 9.79. The van der Waals surface area contributed by atoms with Gasteiger partial charge in [-0.15, -0.1) is 0 Å². The predicted molar refractivity (Wildman–Crippen MR) is 73.2 cm³/mol. The van der Waals surface area contributed by atoms with Crippen LogP contribution in [0.4, 0.5) is 4.39 Å². The number of aliphatic hydroxyl groups excluding tert-OH is 1. The first-order valence-corrected chi connectivity index (χ1v) is 6.63. The number of carboxylic acid groups (broad SMARTS) is 1. The molecule has 3 atom stereocenters. The summed E-state index contributed by atoms with van der Waals surface area (Å²) in [6.45, 7) is 4.21. The van der Waals surface area contributed by atoms with Crippen molar-refractivity contribution in [1.82, 2.24) is 0 Å². The zero-order valence-corrected chi connectivity index (χ0v) is 12.2. The van der Waals surface area contributed by atoms with Gasteiger partial charge in [0.25, 0.3) is 0 Å². The van der Waals surface area contributed by atoms with Crippen molar-refractivity contribution in [1.29, 1.82) is 0 Å². The molecule has 0 radical (unpaired) electrons. The maximum Gasteiger partial charge on any atom is 0.328 e. The number of rotatable bonds is 6. The minimum atomic E-state index is -2.30. The van der Waals surface area contributed by atoms with E-state index >= 15 is 0 Å². The average Bonchev–Trinajstić information content (AvgIpc) is 2.41. The lowest BCUT2D eigenvalue weighted by Crippen LogP contribution is -2.53. The van der Waals surface area contributed by atoms with Crippen LogP contribution in [0.5, 0.6) is 0 Å². The molecule has 3 unspecified atom stereocenters. The van der Waals surface area contributed by atoms with E-state index in [0.717, 1.165) is 6.07 Å². The maximum absolute atomic E-state index is 14.1. The van der Waals surface area contributed by atoms with Crippen LogP contribution >= 0.6 is 0 Å². The van der Waals surface area contributed by atoms with E-state index in [1.165, 1.54) is 39.0 Å². The molecule has 0 bridgehead atoms. The van der Waals surface area contributed by atoms with Crippen LogP contribution in [0.1, 0.15) is 26.3 Å². The fourth-order valence-electron chi connectivity index (χ4n) is 2.33. The summed E-state index contributed by atoms with van der Waals surface area (Å²) in [6, 6.07) is 5.12. The van der Waals surface area contributed by atoms with Crippen molar-refractivity contribution in [3.8, 4) is 0 Å². The zero-order chi connectivity index (χ0) is 16.2. The second-order valence-corrected chi connectivity index (χ2v) is 4.84. The lowest BCUT2D eigenvalue weighted by atomic mass is 9.68. The van der Waals surface area contributed by atoms with Gasteiger partial charge in [-0.2, -0.15) is 0 Å². The fourth-order valence-corrected chi connectivity index (χ4v) is 2.33. The molecule has 1 aromatic carbocycles. The van der Waals surface area contributed by atoms with Crippen LogP contribution in [0.2, 0.25) is 0 Å². The molecular formula is C15H19FO5. The summed E-state index contributed by atoms with van der Waals surface area (Å²) in [5, 5.41) is 19.4. The van der Waals surface area contributed by atoms with Crippen molar-refractivity contribution in [2.45, 2.75) is 32.3 Å². The monoisotopic (exact) mass is 298 g/mol. The molecule has 1 rings (SSSR count). The number of ether oxygens (including phenoxy) is 1. The van der Waals surface area contributed by atoms with Crippen LogP contribution in [-0.2, 0) is 19.7 Å². The molecule has 0 fully saturated rings. The van der Waals surface area contributed by atoms with Crippen LogP contribution in [-0.4, -0.2) is 34.9 Å². The van der Waals surface area contributed by atoms with Gasteiger partial charge in [0, 0.05) is 11.5 Å². The lowest BCUT2D eigenvalue weighted by molar-refractivity contribution is -0.167. The van der Waals surface area contributed by atoms with Crippen molar-refractivity contribution in [2.75, 3.05) is 6.61 Å². The predicted octanol–water partition coefficient (Wildman–Crippen LogP) is 1.73. The van der Waals surface area contributed by atoms with Crippen LogP contribution < -0.4 is 0 Å². The van der Waals surface area contributed by atoms with E-state index in [9.17, 15) is 24.2 Å². The number of carbonyl (C=O) groups excluding carboxylic acids is 1. The summed E-state index contributed by atoms with van der Waals surface area (Å²) < 4.78 is 19.0. The third-order valence-corrected chi connectivity index (χ3v) is 3.64. The molecule has 0 spiro atoms. The number of halogens is 1. The second kappa shape index (κ2) is 6.67. The summed E-state index contributed by atoms with van der Waals surface area (Å²) in [5.74, 6) is -4.55. The highest BCUT2D eigenvalue weighted by Crippen LogP contribution is 2.38. The molecule has 116 valence electrons. The standard InChI is InChI=1S/C15H19FO5/c1-4-21-14(20)15(13(18)19,9(2)10(3)17)11-7-5-6-8-12(11)16/h5-10,17H,4H2,1-3H3,(H,18,19). The number of hydrogen-bond donors (Lipinski definition) is 2. The second-order valence-electron chi connectivity index (χ2n) is 4.84. The van der Waals surface area contributed by atoms with Gasteiger partial charge in [0.1, 0.15) is 5.82 Å². The van der Waals surface area contributed by atoms with Crippen LogP contribution in [0.25, 0.3) is 0 Å². The van der Waals surface area contributed by atoms with Crippen molar-refractivity contribution in [3.05, 3.63) is 35.6 Å². The third-order valence-electron chi connectivity index (χ3n) is 3.64. The van der Waals surface area contributed by atoms with Crippen molar-refractivity contribution < 1.29 is 28.9 Å². The molecule has 0 amide bonds. The van der Waals surface area contributed by atoms with E-state index in [1.807, 2.05) is 0 Å². The SMILES string of the molecule is CCOC(=O)C(C(=O)O)(c1ccccc1F)C(C)C(C)O. The Kier molecular flexibility index (Phi) is 5.43. The number of hydrogen-bond acceptors (Lipinski definition) is 4. The van der Waals surface area contributed by atoms with E-state index in [4.69, 9.17) is 4.74 Å². The summed E-state index contributed by atoms with van der Waals surface area (Å²) in [6.07, 6.45) is -1.15. The van der Waals surface area contributed by atoms with E-state index in [2.05, 4.69) is 0 Å². The Morgan fingerprint density at radius 2 is 1.90 bits per heavy atom. The fraction of sp³-hybridized carbons (Fsp3) is 0.467. The molecule has 0 saturated carbocycles. The topological polar surface area (TPSA) is 83.8 Å². The van der Waals surface area contributed by atoms with E-state index in [0.29, 0.717) is 0 Å². The van der Waals surface area contributed by atoms with Gasteiger partial charge in [0.2, 0.25) is 0 Å². The highest BCUT2D eigenvalue weighted by Gasteiger charge is 2.56. The Bertz CT molecular complexity index is 529. The van der Waals surface area contributed by atoms with Gasteiger partial charge in [-0.25, -0.2) is 4.39 Å². The average molecular weight is 298 g/mol. The number of aliphatic carboxylic acids is 1. The maximum atomic E-state index is 14.1. The summed E-state index contributed by atoms with van der Waals surface area (Å²) in [7, 11) is 0. The van der Waals surface area contributed by atoms with E-state index < -0.39 is 35.2 Å². The van der Waals surface area contributed by atoms with Gasteiger partial charge in [-0.3, -0.25) is 9.59 Å². The number of carbonyl (C=O) groups is 2. The summed E-state index contributed by atoms with van der Waals surface area (Å²) >= 11 is 0. The van der Waals surface area contributed by atoms with Crippen molar-refractivity contribution >= 4 is 11.9 Å². The smallest absolute Gasteiger partial charge is 0.328 e. The molecule has 1 aromatic rings. The first-order valence-electron chi connectivity index (χ1n) is 6.63. The molecule has 21 heavy (non-hydrogen) atoms. The van der Waals surface area contributed by atoms with Gasteiger partial charge >= 0.3 is 11.9 Å². The molecule has 0 aliphatic carbocycles. The summed E-state index contributed by atoms with van der Waals surface area (Å²) in [5.41, 5.74) is -2.61. The highest BCUT2D eigenvalue weighted by atomic mass is 19.1. The number of benzene rings is 1. The van der Waals surface area contributed by atoms with E-state index in [-0.39, 0.29) is 12.2 Å². The van der Waals surface area contributed by atoms with Crippen molar-refractivity contribution in [3.63, 3.8) is 0 Å². The van der Waals surface area contributed by atoms with Crippen LogP contribution in [0.3, 0.4) is 0 Å². The van der Waals surface area contributed by atoms with Crippen molar-refractivity contribution in [2.24, 2.45) is 5.92 Å². The minimum Gasteiger partial charge on any atom is -0.480 e. The van der Waals surface area contributed by atoms with E-state index in [1.54, 1.807) is 0 Å². The zero-order valence-electron chi connectivity index (χ0n) is 12.2. The van der Waals surface area contributed by atoms with Gasteiger partial charge in [0.15, 0.2) is 5.41 Å². The Labute approximate surface area is 122 Å².